The standard InChI is InChI=1S/C24H33F3N2O2/c1-7-22(5,6)17-12-13-19-18(14-17)23(31,24(25,26)27)29(28-19)20(30)15-8-10-16(11-9-15)21(2,3)4/h8-11,17-18,31H,7,12-14H2,1-6H3/t17-,18+,23-/m1/s1. The number of nitrogens with zero attached hydrogens (tertiary/aromatic N) is 2. The summed E-state index contributed by atoms with van der Waals surface area (Å²) < 4.78 is 42.8. The molecule has 1 aromatic carbocycles. The van der Waals surface area contributed by atoms with Gasteiger partial charge in [0, 0.05) is 11.3 Å². The summed E-state index contributed by atoms with van der Waals surface area (Å²) in [7, 11) is 0. The summed E-state index contributed by atoms with van der Waals surface area (Å²) in [6.07, 6.45) is -3.00. The molecule has 0 radical (unpaired) electrons. The number of amides is 1. The maximum Gasteiger partial charge on any atom is 0.439 e. The third-order valence-electron chi connectivity index (χ3n) is 7.33. The van der Waals surface area contributed by atoms with Gasteiger partial charge in [0.15, 0.2) is 0 Å². The minimum atomic E-state index is -5.03. The normalized spacial score (nSPS) is 27.2. The number of alkyl halides is 3. The molecule has 172 valence electrons. The van der Waals surface area contributed by atoms with Crippen molar-refractivity contribution in [2.45, 2.75) is 84.5 Å². The molecule has 1 heterocycles. The van der Waals surface area contributed by atoms with Gasteiger partial charge in [0.1, 0.15) is 0 Å². The van der Waals surface area contributed by atoms with Crippen LogP contribution in [-0.2, 0) is 5.41 Å². The highest BCUT2D eigenvalue weighted by molar-refractivity contribution is 5.99. The molecule has 1 N–H and O–H groups in total. The van der Waals surface area contributed by atoms with Crippen molar-refractivity contribution in [3.8, 4) is 0 Å². The molecule has 4 nitrogen and oxygen atoms in total. The van der Waals surface area contributed by atoms with Crippen molar-refractivity contribution in [1.29, 1.82) is 0 Å². The molecule has 0 unspecified atom stereocenters. The Labute approximate surface area is 182 Å². The molecule has 0 saturated heterocycles. The van der Waals surface area contributed by atoms with E-state index in [9.17, 15) is 23.1 Å². The van der Waals surface area contributed by atoms with E-state index in [1.807, 2.05) is 41.5 Å². The summed E-state index contributed by atoms with van der Waals surface area (Å²) in [6.45, 7) is 12.1. The Morgan fingerprint density at radius 1 is 1.16 bits per heavy atom. The second kappa shape index (κ2) is 7.61. The molecule has 1 amide bonds. The summed E-state index contributed by atoms with van der Waals surface area (Å²) in [5.41, 5.74) is -2.34. The predicted molar refractivity (Wildman–Crippen MR) is 115 cm³/mol. The number of aliphatic hydroxyl groups is 1. The van der Waals surface area contributed by atoms with E-state index in [4.69, 9.17) is 0 Å². The van der Waals surface area contributed by atoms with E-state index >= 15 is 0 Å². The number of hydrazone groups is 1. The molecule has 2 aliphatic rings. The van der Waals surface area contributed by atoms with E-state index in [0.717, 1.165) is 12.0 Å². The Kier molecular flexibility index (Phi) is 5.83. The zero-order valence-electron chi connectivity index (χ0n) is 19.2. The minimum Gasteiger partial charge on any atom is -0.362 e. The van der Waals surface area contributed by atoms with Crippen molar-refractivity contribution in [2.75, 3.05) is 0 Å². The minimum absolute atomic E-state index is 0.0106. The molecule has 3 rings (SSSR count). The maximum absolute atomic E-state index is 14.3. The molecule has 1 aromatic rings. The second-order valence-corrected chi connectivity index (χ2v) is 10.6. The summed E-state index contributed by atoms with van der Waals surface area (Å²) in [4.78, 5) is 13.1. The van der Waals surface area contributed by atoms with E-state index in [-0.39, 0.29) is 34.4 Å². The van der Waals surface area contributed by atoms with Crippen LogP contribution in [0, 0.1) is 17.3 Å². The van der Waals surface area contributed by atoms with Crippen LogP contribution in [0.15, 0.2) is 29.4 Å². The summed E-state index contributed by atoms with van der Waals surface area (Å²) in [5, 5.41) is 15.4. The van der Waals surface area contributed by atoms with Crippen LogP contribution in [0.3, 0.4) is 0 Å². The van der Waals surface area contributed by atoms with E-state index in [1.54, 1.807) is 12.1 Å². The summed E-state index contributed by atoms with van der Waals surface area (Å²) >= 11 is 0. The van der Waals surface area contributed by atoms with Crippen LogP contribution in [0.4, 0.5) is 13.2 Å². The molecule has 1 saturated carbocycles. The van der Waals surface area contributed by atoms with Crippen LogP contribution >= 0.6 is 0 Å². The molecule has 0 bridgehead atoms. The van der Waals surface area contributed by atoms with Gasteiger partial charge in [-0.3, -0.25) is 4.79 Å². The largest absolute Gasteiger partial charge is 0.439 e. The molecule has 0 aromatic heterocycles. The first-order valence-corrected chi connectivity index (χ1v) is 10.9. The van der Waals surface area contributed by atoms with Crippen molar-refractivity contribution in [3.63, 3.8) is 0 Å². The van der Waals surface area contributed by atoms with E-state index in [1.165, 1.54) is 12.1 Å². The SMILES string of the molecule is CCC(C)(C)[C@@H]1CCC2=NN(C(=O)c3ccc(C(C)(C)C)cc3)[C@](O)(C(F)(F)F)[C@H]2C1. The molecule has 3 atom stereocenters. The van der Waals surface area contributed by atoms with Gasteiger partial charge >= 0.3 is 6.18 Å². The summed E-state index contributed by atoms with van der Waals surface area (Å²) in [5.74, 6) is -2.17. The highest BCUT2D eigenvalue weighted by Crippen LogP contribution is 2.52. The lowest BCUT2D eigenvalue weighted by atomic mass is 9.64. The number of hydrogen-bond acceptors (Lipinski definition) is 3. The number of rotatable bonds is 3. The first kappa shape index (κ1) is 23.8. The number of carbonyl (C=O) groups is 1. The van der Waals surface area contributed by atoms with Crippen molar-refractivity contribution < 1.29 is 23.1 Å². The third-order valence-corrected chi connectivity index (χ3v) is 7.33. The monoisotopic (exact) mass is 438 g/mol. The second-order valence-electron chi connectivity index (χ2n) is 10.6. The Hall–Kier alpha value is -1.89. The lowest BCUT2D eigenvalue weighted by molar-refractivity contribution is -0.314. The van der Waals surface area contributed by atoms with Crippen molar-refractivity contribution >= 4 is 11.6 Å². The number of fused-ring (bicyclic) bond motifs is 1. The molecule has 1 aliphatic heterocycles. The van der Waals surface area contributed by atoms with Gasteiger partial charge in [0.05, 0.1) is 5.92 Å². The molecular weight excluding hydrogens is 405 g/mol. The molecule has 0 spiro atoms. The maximum atomic E-state index is 14.3. The highest BCUT2D eigenvalue weighted by Gasteiger charge is 2.69. The fourth-order valence-electron chi connectivity index (χ4n) is 4.65. The Balaban J connectivity index is 1.97. The first-order chi connectivity index (χ1) is 14.1. The van der Waals surface area contributed by atoms with Crippen LogP contribution in [0.2, 0.25) is 0 Å². The molecule has 1 aliphatic carbocycles. The van der Waals surface area contributed by atoms with Crippen LogP contribution in [0.5, 0.6) is 0 Å². The lowest BCUT2D eigenvalue weighted by Crippen LogP contribution is -2.62. The van der Waals surface area contributed by atoms with Crippen molar-refractivity contribution in [1.82, 2.24) is 5.01 Å². The number of halogens is 3. The van der Waals surface area contributed by atoms with Gasteiger partial charge in [0.2, 0.25) is 0 Å². The Bertz CT molecular complexity index is 868. The van der Waals surface area contributed by atoms with Gasteiger partial charge < -0.3 is 5.11 Å². The van der Waals surface area contributed by atoms with Crippen LogP contribution in [0.1, 0.15) is 83.1 Å². The van der Waals surface area contributed by atoms with E-state index < -0.39 is 23.7 Å². The van der Waals surface area contributed by atoms with Gasteiger partial charge in [-0.1, -0.05) is 60.1 Å². The zero-order chi connectivity index (χ0) is 23.4. The first-order valence-electron chi connectivity index (χ1n) is 10.9. The van der Waals surface area contributed by atoms with Gasteiger partial charge in [-0.05, 0) is 53.7 Å². The van der Waals surface area contributed by atoms with E-state index in [2.05, 4.69) is 5.10 Å². The van der Waals surface area contributed by atoms with Gasteiger partial charge in [-0.15, -0.1) is 0 Å². The van der Waals surface area contributed by atoms with Crippen molar-refractivity contribution in [3.05, 3.63) is 35.4 Å². The van der Waals surface area contributed by atoms with Crippen LogP contribution in [0.25, 0.3) is 0 Å². The fourth-order valence-corrected chi connectivity index (χ4v) is 4.65. The number of hydrogen-bond donors (Lipinski definition) is 1. The van der Waals surface area contributed by atoms with Gasteiger partial charge in [-0.2, -0.15) is 23.3 Å². The quantitative estimate of drug-likeness (QED) is 0.639. The molecule has 31 heavy (non-hydrogen) atoms. The lowest BCUT2D eigenvalue weighted by Gasteiger charge is -2.43. The smallest absolute Gasteiger partial charge is 0.362 e. The van der Waals surface area contributed by atoms with Gasteiger partial charge in [-0.25, -0.2) is 0 Å². The van der Waals surface area contributed by atoms with Gasteiger partial charge in [0.25, 0.3) is 11.6 Å². The van der Waals surface area contributed by atoms with E-state index in [0.29, 0.717) is 17.9 Å². The number of benzene rings is 1. The Morgan fingerprint density at radius 3 is 2.23 bits per heavy atom. The fraction of sp³-hybridized carbons (Fsp3) is 0.667. The number of carbonyl (C=O) groups excluding carboxylic acids is 1. The third kappa shape index (κ3) is 4.01. The average molecular weight is 439 g/mol. The highest BCUT2D eigenvalue weighted by atomic mass is 19.4. The van der Waals surface area contributed by atoms with Crippen molar-refractivity contribution in [2.24, 2.45) is 22.4 Å². The van der Waals surface area contributed by atoms with Crippen LogP contribution < -0.4 is 0 Å². The molecular formula is C24H33F3N2O2. The molecule has 7 heteroatoms. The van der Waals surface area contributed by atoms with Crippen LogP contribution in [-0.4, -0.2) is 33.6 Å². The summed E-state index contributed by atoms with van der Waals surface area (Å²) in [6, 6.07) is 6.47. The average Bonchev–Trinajstić information content (AvgIpc) is 3.00. The topological polar surface area (TPSA) is 52.9 Å². The Morgan fingerprint density at radius 2 is 1.74 bits per heavy atom. The predicted octanol–water partition coefficient (Wildman–Crippen LogP) is 5.90. The molecule has 1 fully saturated rings. The zero-order valence-corrected chi connectivity index (χ0v) is 19.2.